The number of nitrogens with zero attached hydrogens (tertiary/aromatic N) is 2. The Bertz CT molecular complexity index is 1040. The average molecular weight is 471 g/mol. The Balaban J connectivity index is 1.80. The summed E-state index contributed by atoms with van der Waals surface area (Å²) in [6.07, 6.45) is 1.97. The van der Waals surface area contributed by atoms with Gasteiger partial charge in [-0.25, -0.2) is 0 Å². The van der Waals surface area contributed by atoms with Crippen LogP contribution < -0.4 is 14.4 Å². The van der Waals surface area contributed by atoms with Gasteiger partial charge in [0.1, 0.15) is 12.4 Å². The van der Waals surface area contributed by atoms with E-state index in [1.165, 1.54) is 0 Å². The number of benzene rings is 1. The number of aryl methyl sites for hydroxylation is 1. The summed E-state index contributed by atoms with van der Waals surface area (Å²) in [5.41, 5.74) is 2.96. The van der Waals surface area contributed by atoms with Crippen LogP contribution >= 0.6 is 15.9 Å². The van der Waals surface area contributed by atoms with Crippen LogP contribution in [0.3, 0.4) is 0 Å². The summed E-state index contributed by atoms with van der Waals surface area (Å²) in [6, 6.07) is 7.67. The lowest BCUT2D eigenvalue weighted by atomic mass is 10.0. The zero-order valence-electron chi connectivity index (χ0n) is 17.2. The highest BCUT2D eigenvalue weighted by atomic mass is 79.9. The first-order valence-corrected chi connectivity index (χ1v) is 10.7. The van der Waals surface area contributed by atoms with Crippen LogP contribution in [0.2, 0.25) is 0 Å². The van der Waals surface area contributed by atoms with Crippen LogP contribution in [-0.2, 0) is 9.53 Å². The van der Waals surface area contributed by atoms with E-state index in [0.29, 0.717) is 36.6 Å². The summed E-state index contributed by atoms with van der Waals surface area (Å²) in [7, 11) is 1.61. The number of aromatic nitrogens is 1. The Morgan fingerprint density at radius 2 is 2.17 bits per heavy atom. The number of rotatable bonds is 5. The molecule has 1 unspecified atom stereocenters. The number of carbonyl (C=O) groups excluding carboxylic acids is 1. The maximum absolute atomic E-state index is 13.1. The minimum absolute atomic E-state index is 0.248. The molecule has 0 radical (unpaired) electrons. The minimum Gasteiger partial charge on any atom is -0.484 e. The topological polar surface area (TPSA) is 60.9 Å². The molecular weight excluding hydrogens is 448 g/mol. The number of hydrogen-bond donors (Lipinski definition) is 0. The van der Waals surface area contributed by atoms with Gasteiger partial charge in [-0.3, -0.25) is 9.69 Å². The van der Waals surface area contributed by atoms with Crippen molar-refractivity contribution in [3.8, 4) is 23.5 Å². The number of fused-ring (bicyclic) bond motifs is 1. The van der Waals surface area contributed by atoms with Gasteiger partial charge >= 0.3 is 5.91 Å². The fraction of sp³-hybridized carbons (Fsp3) is 0.391. The van der Waals surface area contributed by atoms with Crippen LogP contribution in [0.25, 0.3) is 0 Å². The van der Waals surface area contributed by atoms with E-state index in [1.54, 1.807) is 31.1 Å². The molecule has 0 saturated heterocycles. The van der Waals surface area contributed by atoms with Gasteiger partial charge in [0.15, 0.2) is 11.9 Å². The number of ether oxygens (including phenoxy) is 3. The van der Waals surface area contributed by atoms with Crippen molar-refractivity contribution in [2.75, 3.05) is 25.2 Å². The average Bonchev–Trinajstić information content (AvgIpc) is 3.56. The van der Waals surface area contributed by atoms with Gasteiger partial charge in [-0.05, 0) is 73.9 Å². The second-order valence-corrected chi connectivity index (χ2v) is 8.28. The van der Waals surface area contributed by atoms with Crippen LogP contribution in [0.15, 0.2) is 28.7 Å². The second kappa shape index (κ2) is 8.66. The fourth-order valence-corrected chi connectivity index (χ4v) is 3.84. The van der Waals surface area contributed by atoms with Crippen molar-refractivity contribution >= 4 is 33.3 Å². The number of amides is 1. The van der Waals surface area contributed by atoms with Crippen molar-refractivity contribution in [2.45, 2.75) is 38.7 Å². The Morgan fingerprint density at radius 1 is 1.37 bits per heavy atom. The number of halogens is 1. The molecule has 6 nitrogen and oxygen atoms in total. The van der Waals surface area contributed by atoms with Crippen LogP contribution in [0.5, 0.6) is 11.6 Å². The van der Waals surface area contributed by atoms with Crippen molar-refractivity contribution in [3.05, 3.63) is 39.9 Å². The standard InChI is InChI=1S/C23H23BrN2O4/c1-4-5-22(27)26(19-10-14(2)18(24)11-17(19)15-6-7-15)21-9-8-20-23(25-21)30-16(12-28-3)13-29-20/h8-11,15-16H,6-7,12-13H2,1-3H3. The van der Waals surface area contributed by atoms with E-state index in [1.807, 2.05) is 13.0 Å². The first-order chi connectivity index (χ1) is 14.5. The Hall–Kier alpha value is -2.56. The molecule has 30 heavy (non-hydrogen) atoms. The van der Waals surface area contributed by atoms with E-state index in [0.717, 1.165) is 34.1 Å². The Labute approximate surface area is 184 Å². The molecule has 2 aromatic rings. The maximum Gasteiger partial charge on any atom is 0.308 e. The zero-order chi connectivity index (χ0) is 21.3. The molecule has 156 valence electrons. The minimum atomic E-state index is -0.334. The molecule has 1 fully saturated rings. The molecule has 1 aromatic carbocycles. The summed E-state index contributed by atoms with van der Waals surface area (Å²) >= 11 is 3.62. The van der Waals surface area contributed by atoms with E-state index in [2.05, 4.69) is 38.8 Å². The first kappa shape index (κ1) is 20.7. The fourth-order valence-electron chi connectivity index (χ4n) is 3.48. The van der Waals surface area contributed by atoms with Gasteiger partial charge in [0.25, 0.3) is 5.88 Å². The molecule has 0 N–H and O–H groups in total. The Morgan fingerprint density at radius 3 is 2.87 bits per heavy atom. The second-order valence-electron chi connectivity index (χ2n) is 7.43. The summed E-state index contributed by atoms with van der Waals surface area (Å²) in [5, 5.41) is 0. The number of hydrogen-bond acceptors (Lipinski definition) is 5. The van der Waals surface area contributed by atoms with Gasteiger partial charge in [0, 0.05) is 11.6 Å². The van der Waals surface area contributed by atoms with Crippen LogP contribution in [0, 0.1) is 18.8 Å². The molecule has 1 atom stereocenters. The van der Waals surface area contributed by atoms with Crippen molar-refractivity contribution in [3.63, 3.8) is 0 Å². The van der Waals surface area contributed by atoms with Gasteiger partial charge in [-0.2, -0.15) is 4.98 Å². The van der Waals surface area contributed by atoms with E-state index in [9.17, 15) is 4.79 Å². The molecule has 2 aliphatic rings. The highest BCUT2D eigenvalue weighted by molar-refractivity contribution is 9.10. The van der Waals surface area contributed by atoms with Crippen molar-refractivity contribution in [1.82, 2.24) is 4.98 Å². The third-order valence-electron chi connectivity index (χ3n) is 5.10. The molecule has 0 bridgehead atoms. The van der Waals surface area contributed by atoms with E-state index in [-0.39, 0.29) is 12.0 Å². The van der Waals surface area contributed by atoms with Gasteiger partial charge in [0.2, 0.25) is 0 Å². The zero-order valence-corrected chi connectivity index (χ0v) is 18.8. The van der Waals surface area contributed by atoms with Gasteiger partial charge in [-0.1, -0.05) is 21.9 Å². The molecule has 1 amide bonds. The third-order valence-corrected chi connectivity index (χ3v) is 5.95. The maximum atomic E-state index is 13.1. The summed E-state index contributed by atoms with van der Waals surface area (Å²) in [5.74, 6) is 6.83. The van der Waals surface area contributed by atoms with Crippen molar-refractivity contribution in [2.24, 2.45) is 0 Å². The SMILES string of the molecule is CC#CC(=O)N(c1ccc2c(n1)OC(COC)CO2)c1cc(C)c(Br)cc1C1CC1. The number of pyridine rings is 1. The first-order valence-electron chi connectivity index (χ1n) is 9.88. The molecule has 1 saturated carbocycles. The lowest BCUT2D eigenvalue weighted by Gasteiger charge is -2.28. The summed E-state index contributed by atoms with van der Waals surface area (Å²) in [6.45, 7) is 4.44. The number of anilines is 2. The number of carbonyl (C=O) groups is 1. The summed E-state index contributed by atoms with van der Waals surface area (Å²) < 4.78 is 17.9. The molecule has 1 aromatic heterocycles. The normalized spacial score (nSPS) is 17.1. The predicted octanol–water partition coefficient (Wildman–Crippen LogP) is 4.50. The molecule has 2 heterocycles. The van der Waals surface area contributed by atoms with E-state index >= 15 is 0 Å². The third kappa shape index (κ3) is 4.16. The van der Waals surface area contributed by atoms with Crippen LogP contribution in [0.1, 0.15) is 36.8 Å². The quantitative estimate of drug-likeness (QED) is 0.601. The van der Waals surface area contributed by atoms with Crippen molar-refractivity contribution < 1.29 is 19.0 Å². The highest BCUT2D eigenvalue weighted by Gasteiger charge is 2.32. The smallest absolute Gasteiger partial charge is 0.308 e. The molecular formula is C23H23BrN2O4. The molecule has 4 rings (SSSR count). The number of methoxy groups -OCH3 is 1. The van der Waals surface area contributed by atoms with E-state index in [4.69, 9.17) is 14.2 Å². The monoisotopic (exact) mass is 470 g/mol. The summed E-state index contributed by atoms with van der Waals surface area (Å²) in [4.78, 5) is 19.3. The van der Waals surface area contributed by atoms with E-state index < -0.39 is 0 Å². The Kier molecular flexibility index (Phi) is 5.98. The van der Waals surface area contributed by atoms with Crippen molar-refractivity contribution in [1.29, 1.82) is 0 Å². The molecule has 1 aliphatic heterocycles. The molecule has 0 spiro atoms. The largest absolute Gasteiger partial charge is 0.484 e. The van der Waals surface area contributed by atoms with Gasteiger partial charge in [-0.15, -0.1) is 0 Å². The molecule has 7 heteroatoms. The lowest BCUT2D eigenvalue weighted by Crippen LogP contribution is -2.34. The highest BCUT2D eigenvalue weighted by Crippen LogP contribution is 2.47. The van der Waals surface area contributed by atoms with Gasteiger partial charge in [0.05, 0.1) is 12.3 Å². The lowest BCUT2D eigenvalue weighted by molar-refractivity contribution is -0.112. The van der Waals surface area contributed by atoms with Crippen LogP contribution in [0.4, 0.5) is 11.5 Å². The predicted molar refractivity (Wildman–Crippen MR) is 117 cm³/mol. The van der Waals surface area contributed by atoms with Gasteiger partial charge < -0.3 is 14.2 Å². The van der Waals surface area contributed by atoms with Crippen LogP contribution in [-0.4, -0.2) is 37.3 Å². The molecule has 1 aliphatic carbocycles.